The van der Waals surface area contributed by atoms with Gasteiger partial charge in [0, 0.05) is 41.7 Å². The normalized spacial score (nSPS) is 19.1. The number of nitrogens with one attached hydrogen (secondary N) is 4. The Morgan fingerprint density at radius 3 is 2.46 bits per heavy atom. The number of H-pyrrole nitrogens is 2. The third-order valence-corrected chi connectivity index (χ3v) is 14.0. The molecular weight excluding hydrogens is 865 g/mol. The lowest BCUT2D eigenvalue weighted by Gasteiger charge is -2.43. The number of aromatic amines is 2. The highest BCUT2D eigenvalue weighted by Crippen LogP contribution is 2.44. The summed E-state index contributed by atoms with van der Waals surface area (Å²) in [6.07, 6.45) is 5.07. The van der Waals surface area contributed by atoms with Crippen LogP contribution in [0.3, 0.4) is 0 Å². The average Bonchev–Trinajstić information content (AvgIpc) is 4.06. The van der Waals surface area contributed by atoms with Gasteiger partial charge in [-0.1, -0.05) is 52.3 Å². The van der Waals surface area contributed by atoms with E-state index in [4.69, 9.17) is 28.9 Å². The second-order valence-corrected chi connectivity index (χ2v) is 20.6. The molecule has 2 fully saturated rings. The van der Waals surface area contributed by atoms with Crippen LogP contribution in [-0.4, -0.2) is 104 Å². The highest BCUT2D eigenvalue weighted by molar-refractivity contribution is 6.07. The van der Waals surface area contributed by atoms with Crippen LogP contribution in [0.25, 0.3) is 44.2 Å². The van der Waals surface area contributed by atoms with E-state index in [1.807, 2.05) is 58.7 Å². The number of benzene rings is 3. The van der Waals surface area contributed by atoms with E-state index in [1.54, 1.807) is 4.90 Å². The SMILES string of the molecule is CCC[C@H](C)N(Cc1nc2c(ccc3cc4c(cc32)OCc2cc(-c3cnc([C@@H]5CC[C@H](C)N5C(=O)C(NC(=O)OC(C)(C)C)C5(C)CCOCC5)[nH]3)ccc2-4)[nH]1)C(=O)[C@@H](NC(=O)OC)C(C)C. The minimum atomic E-state index is -0.795. The van der Waals surface area contributed by atoms with Gasteiger partial charge in [0.1, 0.15) is 41.7 Å². The molecule has 3 aromatic carbocycles. The highest BCUT2D eigenvalue weighted by atomic mass is 16.6. The number of carbonyl (C=O) groups excluding carboxylic acids is 4. The Hall–Kier alpha value is -6.16. The van der Waals surface area contributed by atoms with E-state index < -0.39 is 35.3 Å². The minimum absolute atomic E-state index is 0.0584. The number of fused-ring (bicyclic) bond motifs is 6. The number of hydrogen-bond acceptors (Lipinski definition) is 10. The fraction of sp³-hybridized carbons (Fsp3) is 0.538. The summed E-state index contributed by atoms with van der Waals surface area (Å²) in [4.78, 5) is 74.8. The van der Waals surface area contributed by atoms with Crippen LogP contribution in [0.1, 0.15) is 124 Å². The van der Waals surface area contributed by atoms with Crippen molar-refractivity contribution in [2.75, 3.05) is 20.3 Å². The van der Waals surface area contributed by atoms with Gasteiger partial charge in [0.2, 0.25) is 11.8 Å². The molecule has 364 valence electrons. The van der Waals surface area contributed by atoms with Crippen LogP contribution in [0.15, 0.2) is 48.7 Å². The number of amides is 4. The summed E-state index contributed by atoms with van der Waals surface area (Å²) >= 11 is 0. The van der Waals surface area contributed by atoms with E-state index in [-0.39, 0.29) is 42.4 Å². The molecule has 5 aromatic rings. The van der Waals surface area contributed by atoms with Crippen molar-refractivity contribution in [3.8, 4) is 28.1 Å². The fourth-order valence-corrected chi connectivity index (χ4v) is 10.2. The number of aromatic nitrogens is 4. The minimum Gasteiger partial charge on any atom is -0.488 e. The van der Waals surface area contributed by atoms with Crippen LogP contribution in [0.4, 0.5) is 9.59 Å². The number of alkyl carbamates (subject to hydrolysis) is 2. The van der Waals surface area contributed by atoms with Crippen LogP contribution < -0.4 is 15.4 Å². The summed E-state index contributed by atoms with van der Waals surface area (Å²) < 4.78 is 22.6. The summed E-state index contributed by atoms with van der Waals surface area (Å²) in [6, 6.07) is 12.6. The summed E-state index contributed by atoms with van der Waals surface area (Å²) in [7, 11) is 1.29. The summed E-state index contributed by atoms with van der Waals surface area (Å²) in [6.45, 7) is 19.1. The molecule has 5 atom stereocenters. The third-order valence-electron chi connectivity index (χ3n) is 14.0. The van der Waals surface area contributed by atoms with E-state index in [0.717, 1.165) is 81.2 Å². The maximum Gasteiger partial charge on any atom is 0.408 e. The molecule has 1 unspecified atom stereocenters. The van der Waals surface area contributed by atoms with Gasteiger partial charge in [-0.3, -0.25) is 9.59 Å². The lowest BCUT2D eigenvalue weighted by molar-refractivity contribution is -0.142. The smallest absolute Gasteiger partial charge is 0.408 e. The average molecular weight is 933 g/mol. The molecule has 68 heavy (non-hydrogen) atoms. The molecule has 3 aliphatic heterocycles. The summed E-state index contributed by atoms with van der Waals surface area (Å²) in [5, 5.41) is 7.66. The number of likely N-dealkylation sites (tertiary alicyclic amines) is 1. The molecule has 2 saturated heterocycles. The van der Waals surface area contributed by atoms with Gasteiger partial charge in [0.25, 0.3) is 0 Å². The van der Waals surface area contributed by atoms with Crippen molar-refractivity contribution < 1.29 is 38.1 Å². The summed E-state index contributed by atoms with van der Waals surface area (Å²) in [5.41, 5.74) is 5.28. The van der Waals surface area contributed by atoms with E-state index in [9.17, 15) is 19.2 Å². The van der Waals surface area contributed by atoms with Crippen molar-refractivity contribution in [1.29, 1.82) is 0 Å². The molecular formula is C52H68N8O8. The molecule has 8 rings (SSSR count). The number of ether oxygens (including phenoxy) is 4. The van der Waals surface area contributed by atoms with Gasteiger partial charge in [-0.25, -0.2) is 19.6 Å². The molecule has 16 heteroatoms. The zero-order chi connectivity index (χ0) is 48.7. The first kappa shape index (κ1) is 48.3. The van der Waals surface area contributed by atoms with Gasteiger partial charge in [-0.15, -0.1) is 0 Å². The second-order valence-electron chi connectivity index (χ2n) is 20.6. The van der Waals surface area contributed by atoms with Gasteiger partial charge in [0.15, 0.2) is 0 Å². The Kier molecular flexibility index (Phi) is 13.8. The Labute approximate surface area is 398 Å². The zero-order valence-corrected chi connectivity index (χ0v) is 41.2. The highest BCUT2D eigenvalue weighted by Gasteiger charge is 2.48. The van der Waals surface area contributed by atoms with Crippen LogP contribution in [0, 0.1) is 11.3 Å². The van der Waals surface area contributed by atoms with E-state index >= 15 is 0 Å². The molecule has 5 heterocycles. The molecule has 0 bridgehead atoms. The molecule has 3 aliphatic rings. The monoisotopic (exact) mass is 933 g/mol. The van der Waals surface area contributed by atoms with Gasteiger partial charge in [0.05, 0.1) is 42.6 Å². The fourth-order valence-electron chi connectivity index (χ4n) is 10.2. The van der Waals surface area contributed by atoms with E-state index in [0.29, 0.717) is 44.3 Å². The van der Waals surface area contributed by atoms with Gasteiger partial charge < -0.3 is 49.3 Å². The standard InChI is InChI=1S/C52H68N8O8/c1-11-12-30(4)59(47(61)43(29(2)3)57-49(63)65-10)27-42-54-38-17-15-32-24-37-35-16-14-33(23-34(35)28-67-41(37)25-36(32)44(38)56-42)39-26-53-46(55-39)40-18-13-31(5)60(40)48(62)45(52(9)19-21-66-22-20-52)58-50(64)68-51(6,7)8/h14-17,23-26,29-31,40,43,45H,11-13,18-22,27-28H2,1-10H3,(H,53,55)(H,54,56)(H,57,63)(H,58,64)/t30-,31-,40-,43-,45?/m0/s1. The summed E-state index contributed by atoms with van der Waals surface area (Å²) in [5.74, 6) is 1.63. The first-order valence-electron chi connectivity index (χ1n) is 24.2. The molecule has 4 amide bonds. The first-order valence-corrected chi connectivity index (χ1v) is 24.2. The topological polar surface area (TPSA) is 193 Å². The first-order chi connectivity index (χ1) is 32.4. The van der Waals surface area contributed by atoms with Crippen molar-refractivity contribution in [2.45, 2.75) is 150 Å². The number of hydrogen-bond donors (Lipinski definition) is 4. The molecule has 2 aromatic heterocycles. The van der Waals surface area contributed by atoms with Gasteiger partial charge in [-0.05, 0) is 119 Å². The van der Waals surface area contributed by atoms with Crippen molar-refractivity contribution >= 4 is 45.8 Å². The van der Waals surface area contributed by atoms with Crippen molar-refractivity contribution in [3.63, 3.8) is 0 Å². The number of nitrogens with zero attached hydrogens (tertiary/aromatic N) is 4. The Bertz CT molecular complexity index is 2680. The van der Waals surface area contributed by atoms with Crippen molar-refractivity contribution in [3.05, 3.63) is 65.9 Å². The quantitative estimate of drug-likeness (QED) is 0.0884. The van der Waals surface area contributed by atoms with Crippen molar-refractivity contribution in [1.82, 2.24) is 40.4 Å². The maximum atomic E-state index is 14.7. The number of methoxy groups -OCH3 is 1. The molecule has 0 saturated carbocycles. The number of imidazole rings is 2. The van der Waals surface area contributed by atoms with E-state index in [2.05, 4.69) is 77.8 Å². The third kappa shape index (κ3) is 9.88. The van der Waals surface area contributed by atoms with Crippen LogP contribution >= 0.6 is 0 Å². The lowest BCUT2D eigenvalue weighted by Crippen LogP contribution is -2.59. The Morgan fingerprint density at radius 1 is 0.985 bits per heavy atom. The van der Waals surface area contributed by atoms with Crippen molar-refractivity contribution in [2.24, 2.45) is 11.3 Å². The van der Waals surface area contributed by atoms with Crippen LogP contribution in [0.2, 0.25) is 0 Å². The molecule has 0 aliphatic carbocycles. The molecule has 0 radical (unpaired) electrons. The Morgan fingerprint density at radius 2 is 1.75 bits per heavy atom. The van der Waals surface area contributed by atoms with Gasteiger partial charge in [-0.2, -0.15) is 0 Å². The lowest BCUT2D eigenvalue weighted by atomic mass is 9.75. The van der Waals surface area contributed by atoms with Crippen LogP contribution in [0.5, 0.6) is 5.75 Å². The Balaban J connectivity index is 1.03. The molecule has 4 N–H and O–H groups in total. The predicted octanol–water partition coefficient (Wildman–Crippen LogP) is 9.33. The molecule has 0 spiro atoms. The predicted molar refractivity (Wildman–Crippen MR) is 260 cm³/mol. The van der Waals surface area contributed by atoms with Crippen LogP contribution in [-0.2, 0) is 37.0 Å². The van der Waals surface area contributed by atoms with Gasteiger partial charge >= 0.3 is 12.2 Å². The zero-order valence-electron chi connectivity index (χ0n) is 41.2. The number of rotatable bonds is 13. The molecule has 16 nitrogen and oxygen atoms in total. The largest absolute Gasteiger partial charge is 0.488 e. The number of carbonyl (C=O) groups is 4. The van der Waals surface area contributed by atoms with E-state index in [1.165, 1.54) is 7.11 Å². The second kappa shape index (κ2) is 19.4. The maximum absolute atomic E-state index is 14.7.